The topological polar surface area (TPSA) is 32.3 Å². The molecule has 0 aromatic rings. The van der Waals surface area contributed by atoms with Gasteiger partial charge in [0.2, 0.25) is 0 Å². The van der Waals surface area contributed by atoms with E-state index in [2.05, 4.69) is 26.1 Å². The van der Waals surface area contributed by atoms with Gasteiger partial charge in [-0.1, -0.05) is 33.6 Å². The molecular formula is C12H27NO. The summed E-state index contributed by atoms with van der Waals surface area (Å²) in [7, 11) is 0. The molecule has 0 aliphatic heterocycles. The molecule has 14 heavy (non-hydrogen) atoms. The van der Waals surface area contributed by atoms with Crippen molar-refractivity contribution in [3.05, 3.63) is 0 Å². The van der Waals surface area contributed by atoms with E-state index in [9.17, 15) is 5.11 Å². The highest BCUT2D eigenvalue weighted by atomic mass is 16.3. The van der Waals surface area contributed by atoms with Crippen molar-refractivity contribution in [2.24, 2.45) is 5.92 Å². The highest BCUT2D eigenvalue weighted by molar-refractivity contribution is 4.81. The lowest BCUT2D eigenvalue weighted by Crippen LogP contribution is -2.37. The Morgan fingerprint density at radius 3 is 2.14 bits per heavy atom. The first kappa shape index (κ1) is 13.9. The van der Waals surface area contributed by atoms with E-state index in [0.29, 0.717) is 5.92 Å². The van der Waals surface area contributed by atoms with Gasteiger partial charge in [-0.05, 0) is 38.8 Å². The summed E-state index contributed by atoms with van der Waals surface area (Å²) in [5.41, 5.74) is -0.496. The molecule has 0 saturated heterocycles. The summed E-state index contributed by atoms with van der Waals surface area (Å²) in [4.78, 5) is 0. The third kappa shape index (κ3) is 4.97. The predicted molar refractivity (Wildman–Crippen MR) is 62.5 cm³/mol. The maximum Gasteiger partial charge on any atom is 0.0659 e. The highest BCUT2D eigenvalue weighted by Crippen LogP contribution is 2.26. The summed E-state index contributed by atoms with van der Waals surface area (Å²) in [5, 5.41) is 13.6. The number of nitrogens with one attached hydrogen (secondary N) is 1. The van der Waals surface area contributed by atoms with Gasteiger partial charge >= 0.3 is 0 Å². The smallest absolute Gasteiger partial charge is 0.0659 e. The van der Waals surface area contributed by atoms with E-state index in [4.69, 9.17) is 0 Å². The van der Waals surface area contributed by atoms with Crippen LogP contribution in [0.25, 0.3) is 0 Å². The fourth-order valence-corrected chi connectivity index (χ4v) is 2.02. The molecule has 0 bridgehead atoms. The lowest BCUT2D eigenvalue weighted by molar-refractivity contribution is -0.0116. The first-order valence-corrected chi connectivity index (χ1v) is 6.01. The van der Waals surface area contributed by atoms with Crippen LogP contribution in [0, 0.1) is 5.92 Å². The molecule has 0 aliphatic carbocycles. The van der Waals surface area contributed by atoms with Gasteiger partial charge in [-0.25, -0.2) is 0 Å². The Balaban J connectivity index is 3.80. The molecule has 0 heterocycles. The molecule has 1 unspecified atom stereocenters. The Morgan fingerprint density at radius 2 is 1.71 bits per heavy atom. The van der Waals surface area contributed by atoms with Gasteiger partial charge in [-0.3, -0.25) is 0 Å². The molecule has 86 valence electrons. The van der Waals surface area contributed by atoms with Crippen LogP contribution >= 0.6 is 0 Å². The van der Waals surface area contributed by atoms with Gasteiger partial charge < -0.3 is 10.4 Å². The fraction of sp³-hybridized carbons (Fsp3) is 1.00. The summed E-state index contributed by atoms with van der Waals surface area (Å²) < 4.78 is 0. The molecule has 0 saturated carbocycles. The number of hydrogen-bond acceptors (Lipinski definition) is 2. The molecule has 0 radical (unpaired) electrons. The molecule has 0 spiro atoms. The third-order valence-electron chi connectivity index (χ3n) is 3.10. The summed E-state index contributed by atoms with van der Waals surface area (Å²) in [6.45, 7) is 10.4. The fourth-order valence-electron chi connectivity index (χ4n) is 2.02. The zero-order chi connectivity index (χ0) is 11.0. The van der Waals surface area contributed by atoms with Gasteiger partial charge in [-0.15, -0.1) is 0 Å². The van der Waals surface area contributed by atoms with Crippen LogP contribution in [0.1, 0.15) is 53.4 Å². The lowest BCUT2D eigenvalue weighted by atomic mass is 9.82. The zero-order valence-electron chi connectivity index (χ0n) is 10.3. The standard InChI is InChI=1S/C12H27NO/c1-5-9-13-10-8-12(4,14)11(6-2)7-3/h11,13-14H,5-10H2,1-4H3. The van der Waals surface area contributed by atoms with Crippen LogP contribution < -0.4 is 5.32 Å². The van der Waals surface area contributed by atoms with Crippen LogP contribution in [-0.4, -0.2) is 23.8 Å². The number of rotatable bonds is 8. The molecule has 0 aliphatic rings. The van der Waals surface area contributed by atoms with E-state index in [1.165, 1.54) is 0 Å². The lowest BCUT2D eigenvalue weighted by Gasteiger charge is -2.31. The molecule has 0 aromatic heterocycles. The van der Waals surface area contributed by atoms with Crippen molar-refractivity contribution >= 4 is 0 Å². The maximum absolute atomic E-state index is 10.2. The van der Waals surface area contributed by atoms with Crippen molar-refractivity contribution in [2.75, 3.05) is 13.1 Å². The minimum absolute atomic E-state index is 0.436. The summed E-state index contributed by atoms with van der Waals surface area (Å²) in [6, 6.07) is 0. The molecule has 0 amide bonds. The largest absolute Gasteiger partial charge is 0.390 e. The van der Waals surface area contributed by atoms with E-state index in [1.54, 1.807) is 0 Å². The van der Waals surface area contributed by atoms with E-state index in [-0.39, 0.29) is 0 Å². The van der Waals surface area contributed by atoms with E-state index in [1.807, 2.05) is 6.92 Å². The molecule has 2 N–H and O–H groups in total. The van der Waals surface area contributed by atoms with Crippen molar-refractivity contribution in [1.82, 2.24) is 5.32 Å². The van der Waals surface area contributed by atoms with Crippen molar-refractivity contribution in [2.45, 2.75) is 59.0 Å². The first-order valence-electron chi connectivity index (χ1n) is 6.01. The quantitative estimate of drug-likeness (QED) is 0.592. The van der Waals surface area contributed by atoms with E-state index >= 15 is 0 Å². The predicted octanol–water partition coefficient (Wildman–Crippen LogP) is 2.56. The third-order valence-corrected chi connectivity index (χ3v) is 3.10. The van der Waals surface area contributed by atoms with Crippen molar-refractivity contribution in [1.29, 1.82) is 0 Å². The molecule has 0 fully saturated rings. The zero-order valence-corrected chi connectivity index (χ0v) is 10.3. The Kier molecular flexibility index (Phi) is 7.20. The summed E-state index contributed by atoms with van der Waals surface area (Å²) in [6.07, 6.45) is 4.15. The first-order chi connectivity index (χ1) is 6.58. The van der Waals surface area contributed by atoms with Crippen molar-refractivity contribution in [3.63, 3.8) is 0 Å². The second-order valence-electron chi connectivity index (χ2n) is 4.37. The average Bonchev–Trinajstić information content (AvgIpc) is 2.14. The van der Waals surface area contributed by atoms with Crippen LogP contribution in [0.15, 0.2) is 0 Å². The number of hydrogen-bond donors (Lipinski definition) is 2. The molecule has 0 rings (SSSR count). The van der Waals surface area contributed by atoms with Crippen LogP contribution in [0.3, 0.4) is 0 Å². The van der Waals surface area contributed by atoms with Gasteiger partial charge in [0.05, 0.1) is 5.60 Å². The minimum atomic E-state index is -0.496. The van der Waals surface area contributed by atoms with Gasteiger partial charge in [0.15, 0.2) is 0 Å². The average molecular weight is 201 g/mol. The monoisotopic (exact) mass is 201 g/mol. The van der Waals surface area contributed by atoms with Gasteiger partial charge in [0.25, 0.3) is 0 Å². The molecule has 2 nitrogen and oxygen atoms in total. The van der Waals surface area contributed by atoms with Gasteiger partial charge in [0.1, 0.15) is 0 Å². The molecule has 2 heteroatoms. The maximum atomic E-state index is 10.2. The molecular weight excluding hydrogens is 174 g/mol. The normalized spacial score (nSPS) is 15.9. The molecule has 0 aromatic carbocycles. The molecule has 1 atom stereocenters. The van der Waals surface area contributed by atoms with Gasteiger partial charge in [0, 0.05) is 0 Å². The second-order valence-corrected chi connectivity index (χ2v) is 4.37. The van der Waals surface area contributed by atoms with Crippen LogP contribution in [0.4, 0.5) is 0 Å². The Hall–Kier alpha value is -0.0800. The number of aliphatic hydroxyl groups is 1. The van der Waals surface area contributed by atoms with Crippen molar-refractivity contribution in [3.8, 4) is 0 Å². The van der Waals surface area contributed by atoms with E-state index < -0.39 is 5.60 Å². The summed E-state index contributed by atoms with van der Waals surface area (Å²) >= 11 is 0. The Morgan fingerprint density at radius 1 is 1.14 bits per heavy atom. The SMILES string of the molecule is CCCNCCC(C)(O)C(CC)CC. The minimum Gasteiger partial charge on any atom is -0.390 e. The Bertz CT molecular complexity index is 130. The second kappa shape index (κ2) is 7.24. The Labute approximate surface area is 89.1 Å². The highest BCUT2D eigenvalue weighted by Gasteiger charge is 2.28. The van der Waals surface area contributed by atoms with Crippen LogP contribution in [0.5, 0.6) is 0 Å². The van der Waals surface area contributed by atoms with Gasteiger partial charge in [-0.2, -0.15) is 0 Å². The van der Waals surface area contributed by atoms with E-state index in [0.717, 1.165) is 38.8 Å². The van der Waals surface area contributed by atoms with Crippen molar-refractivity contribution < 1.29 is 5.11 Å². The van der Waals surface area contributed by atoms with Crippen LogP contribution in [0.2, 0.25) is 0 Å². The summed E-state index contributed by atoms with van der Waals surface area (Å²) in [5.74, 6) is 0.436. The van der Waals surface area contributed by atoms with Crippen LogP contribution in [-0.2, 0) is 0 Å².